The molecule has 1 aromatic rings. The Hall–Kier alpha value is -1.88. The highest BCUT2D eigenvalue weighted by Crippen LogP contribution is 2.17. The molecule has 1 aliphatic heterocycles. The molecule has 1 unspecified atom stereocenters. The van der Waals surface area contributed by atoms with Crippen molar-refractivity contribution in [2.45, 2.75) is 44.6 Å². The number of carboxylic acids is 1. The monoisotopic (exact) mass is 291 g/mol. The molecule has 0 radical (unpaired) electrons. The number of aliphatic carboxylic acids is 1. The summed E-state index contributed by atoms with van der Waals surface area (Å²) < 4.78 is 5.49. The van der Waals surface area contributed by atoms with Crippen LogP contribution in [-0.4, -0.2) is 29.7 Å². The first-order valence-corrected chi connectivity index (χ1v) is 7.35. The molecule has 0 aliphatic carbocycles. The van der Waals surface area contributed by atoms with E-state index < -0.39 is 5.97 Å². The van der Waals surface area contributed by atoms with Gasteiger partial charge in [0.2, 0.25) is 5.91 Å². The second kappa shape index (κ2) is 7.78. The molecule has 1 aliphatic rings. The summed E-state index contributed by atoms with van der Waals surface area (Å²) in [6, 6.07) is 7.31. The maximum Gasteiger partial charge on any atom is 0.303 e. The molecule has 1 heterocycles. The molecule has 1 aromatic carbocycles. The van der Waals surface area contributed by atoms with Crippen molar-refractivity contribution in [3.05, 3.63) is 29.8 Å². The molecule has 1 amide bonds. The maximum atomic E-state index is 11.8. The number of ether oxygens (including phenoxy) is 1. The average molecular weight is 291 g/mol. The first-order chi connectivity index (χ1) is 10.1. The molecular formula is C16H21NO4. The second-order valence-corrected chi connectivity index (χ2v) is 5.31. The fourth-order valence-corrected chi connectivity index (χ4v) is 2.39. The molecule has 2 rings (SSSR count). The van der Waals surface area contributed by atoms with Gasteiger partial charge in [0, 0.05) is 25.1 Å². The first kappa shape index (κ1) is 15.5. The number of carbonyl (C=O) groups is 2. The van der Waals surface area contributed by atoms with Crippen molar-refractivity contribution in [2.24, 2.45) is 0 Å². The lowest BCUT2D eigenvalue weighted by Crippen LogP contribution is -2.15. The molecule has 114 valence electrons. The van der Waals surface area contributed by atoms with Crippen molar-refractivity contribution in [1.82, 2.24) is 0 Å². The van der Waals surface area contributed by atoms with Gasteiger partial charge in [-0.3, -0.25) is 9.59 Å². The predicted octanol–water partition coefficient (Wildman–Crippen LogP) is 2.60. The SMILES string of the molecule is O=C(O)CCc1ccc(NC(=O)CCC2CCCO2)cc1. The summed E-state index contributed by atoms with van der Waals surface area (Å²) in [6.45, 7) is 0.810. The molecule has 2 N–H and O–H groups in total. The van der Waals surface area contributed by atoms with Gasteiger partial charge in [-0.25, -0.2) is 0 Å². The van der Waals surface area contributed by atoms with Crippen LogP contribution >= 0.6 is 0 Å². The van der Waals surface area contributed by atoms with E-state index >= 15 is 0 Å². The van der Waals surface area contributed by atoms with Crippen molar-refractivity contribution in [3.63, 3.8) is 0 Å². The van der Waals surface area contributed by atoms with Crippen molar-refractivity contribution in [3.8, 4) is 0 Å². The molecule has 1 fully saturated rings. The lowest BCUT2D eigenvalue weighted by atomic mass is 10.1. The van der Waals surface area contributed by atoms with Gasteiger partial charge < -0.3 is 15.2 Å². The molecule has 0 saturated carbocycles. The maximum absolute atomic E-state index is 11.8. The number of benzene rings is 1. The Balaban J connectivity index is 1.73. The van der Waals surface area contributed by atoms with E-state index in [9.17, 15) is 9.59 Å². The summed E-state index contributed by atoms with van der Waals surface area (Å²) in [5, 5.41) is 11.5. The Bertz CT molecular complexity index is 478. The standard InChI is InChI=1S/C16H21NO4/c18-15(9-8-14-2-1-11-21-14)17-13-6-3-12(4-7-13)5-10-16(19)20/h3-4,6-7,14H,1-2,5,8-11H2,(H,17,18)(H,19,20). The van der Waals surface area contributed by atoms with Gasteiger partial charge in [0.25, 0.3) is 0 Å². The normalized spacial score (nSPS) is 17.6. The van der Waals surface area contributed by atoms with Gasteiger partial charge in [0.05, 0.1) is 6.10 Å². The van der Waals surface area contributed by atoms with Crippen LogP contribution in [-0.2, 0) is 20.7 Å². The number of carbonyl (C=O) groups excluding carboxylic acids is 1. The van der Waals surface area contributed by atoms with Crippen LogP contribution in [0.3, 0.4) is 0 Å². The number of aryl methyl sites for hydroxylation is 1. The fraction of sp³-hybridized carbons (Fsp3) is 0.500. The van der Waals surface area contributed by atoms with Crippen LogP contribution in [0.2, 0.25) is 0 Å². The zero-order valence-electron chi connectivity index (χ0n) is 12.0. The van der Waals surface area contributed by atoms with Crippen LogP contribution in [0.4, 0.5) is 5.69 Å². The van der Waals surface area contributed by atoms with E-state index in [1.807, 2.05) is 12.1 Å². The highest BCUT2D eigenvalue weighted by Gasteiger charge is 2.16. The van der Waals surface area contributed by atoms with Crippen LogP contribution in [0.5, 0.6) is 0 Å². The smallest absolute Gasteiger partial charge is 0.303 e. The van der Waals surface area contributed by atoms with Crippen LogP contribution < -0.4 is 5.32 Å². The van der Waals surface area contributed by atoms with Gasteiger partial charge in [0.1, 0.15) is 0 Å². The van der Waals surface area contributed by atoms with Crippen molar-refractivity contribution in [2.75, 3.05) is 11.9 Å². The van der Waals surface area contributed by atoms with E-state index in [-0.39, 0.29) is 18.4 Å². The van der Waals surface area contributed by atoms with Gasteiger partial charge in [-0.15, -0.1) is 0 Å². The summed E-state index contributed by atoms with van der Waals surface area (Å²) >= 11 is 0. The average Bonchev–Trinajstić information content (AvgIpc) is 2.98. The number of amides is 1. The Morgan fingerprint density at radius 1 is 1.24 bits per heavy atom. The van der Waals surface area contributed by atoms with Gasteiger partial charge >= 0.3 is 5.97 Å². The number of nitrogens with one attached hydrogen (secondary N) is 1. The predicted molar refractivity (Wildman–Crippen MR) is 79.2 cm³/mol. The fourth-order valence-electron chi connectivity index (χ4n) is 2.39. The number of hydrogen-bond donors (Lipinski definition) is 2. The van der Waals surface area contributed by atoms with Crippen molar-refractivity contribution in [1.29, 1.82) is 0 Å². The highest BCUT2D eigenvalue weighted by atomic mass is 16.5. The summed E-state index contributed by atoms with van der Waals surface area (Å²) in [6.07, 6.45) is 4.22. The molecule has 0 spiro atoms. The molecule has 5 heteroatoms. The van der Waals surface area contributed by atoms with Crippen molar-refractivity contribution >= 4 is 17.6 Å². The molecule has 0 bridgehead atoms. The number of carboxylic acid groups (broad SMARTS) is 1. The zero-order chi connectivity index (χ0) is 15.1. The molecular weight excluding hydrogens is 270 g/mol. The lowest BCUT2D eigenvalue weighted by molar-refractivity contribution is -0.137. The molecule has 1 saturated heterocycles. The van der Waals surface area contributed by atoms with E-state index in [1.165, 1.54) is 0 Å². The third-order valence-corrected chi connectivity index (χ3v) is 3.58. The van der Waals surface area contributed by atoms with Gasteiger partial charge in [-0.1, -0.05) is 12.1 Å². The van der Waals surface area contributed by atoms with Crippen LogP contribution in [0.1, 0.15) is 37.7 Å². The van der Waals surface area contributed by atoms with Gasteiger partial charge in [0.15, 0.2) is 0 Å². The van der Waals surface area contributed by atoms with Crippen molar-refractivity contribution < 1.29 is 19.4 Å². The molecule has 21 heavy (non-hydrogen) atoms. The first-order valence-electron chi connectivity index (χ1n) is 7.35. The van der Waals surface area contributed by atoms with Gasteiger partial charge in [-0.2, -0.15) is 0 Å². The molecule has 5 nitrogen and oxygen atoms in total. The summed E-state index contributed by atoms with van der Waals surface area (Å²) in [5.41, 5.74) is 1.70. The van der Waals surface area contributed by atoms with Crippen LogP contribution in [0, 0.1) is 0 Å². The third-order valence-electron chi connectivity index (χ3n) is 3.58. The Kier molecular flexibility index (Phi) is 5.75. The largest absolute Gasteiger partial charge is 0.481 e. The topological polar surface area (TPSA) is 75.6 Å². The van der Waals surface area contributed by atoms with E-state index in [2.05, 4.69) is 5.32 Å². The lowest BCUT2D eigenvalue weighted by Gasteiger charge is -2.09. The number of hydrogen-bond acceptors (Lipinski definition) is 3. The third kappa shape index (κ3) is 5.55. The summed E-state index contributed by atoms with van der Waals surface area (Å²) in [5.74, 6) is -0.815. The minimum absolute atomic E-state index is 0.0104. The second-order valence-electron chi connectivity index (χ2n) is 5.31. The van der Waals surface area contributed by atoms with E-state index in [0.717, 1.165) is 37.1 Å². The Labute approximate surface area is 124 Å². The minimum atomic E-state index is -0.804. The number of rotatable bonds is 7. The Morgan fingerprint density at radius 2 is 2.00 bits per heavy atom. The van der Waals surface area contributed by atoms with E-state index in [0.29, 0.717) is 12.8 Å². The van der Waals surface area contributed by atoms with E-state index in [4.69, 9.17) is 9.84 Å². The minimum Gasteiger partial charge on any atom is -0.481 e. The van der Waals surface area contributed by atoms with Crippen LogP contribution in [0.15, 0.2) is 24.3 Å². The summed E-state index contributed by atoms with van der Waals surface area (Å²) in [7, 11) is 0. The quantitative estimate of drug-likeness (QED) is 0.809. The van der Waals surface area contributed by atoms with E-state index in [1.54, 1.807) is 12.1 Å². The van der Waals surface area contributed by atoms with Crippen LogP contribution in [0.25, 0.3) is 0 Å². The molecule has 1 atom stereocenters. The van der Waals surface area contributed by atoms with Gasteiger partial charge in [-0.05, 0) is 43.4 Å². The summed E-state index contributed by atoms with van der Waals surface area (Å²) in [4.78, 5) is 22.3. The zero-order valence-corrected chi connectivity index (χ0v) is 12.0. The number of anilines is 1. The molecule has 0 aromatic heterocycles. The Morgan fingerprint density at radius 3 is 2.62 bits per heavy atom. The highest BCUT2D eigenvalue weighted by molar-refractivity contribution is 5.90.